The van der Waals surface area contributed by atoms with E-state index in [1.165, 1.54) is 0 Å². The average molecular weight is 609 g/mol. The molecule has 1 aromatic carbocycles. The Labute approximate surface area is 199 Å². The van der Waals surface area contributed by atoms with Gasteiger partial charge in [-0.25, -0.2) is 0 Å². The molecule has 0 fully saturated rings. The van der Waals surface area contributed by atoms with Crippen LogP contribution in [0.1, 0.15) is 41.5 Å². The summed E-state index contributed by atoms with van der Waals surface area (Å²) < 4.78 is 111. The van der Waals surface area contributed by atoms with Gasteiger partial charge in [0.05, 0.1) is 0 Å². The minimum absolute atomic E-state index is 0. The van der Waals surface area contributed by atoms with E-state index >= 15 is 0 Å². The van der Waals surface area contributed by atoms with E-state index < -0.39 is 32.7 Å². The van der Waals surface area contributed by atoms with Gasteiger partial charge in [-0.2, -0.15) is 0 Å². The van der Waals surface area contributed by atoms with Gasteiger partial charge in [-0.05, 0) is 0 Å². The van der Waals surface area contributed by atoms with Crippen LogP contribution in [-0.2, 0) is 26.2 Å². The molecule has 1 rings (SSSR count). The van der Waals surface area contributed by atoms with E-state index in [-0.39, 0.29) is 56.5 Å². The Hall–Kier alpha value is 0.0260. The van der Waals surface area contributed by atoms with Gasteiger partial charge in [0.2, 0.25) is 0 Å². The third kappa shape index (κ3) is 14.7. The van der Waals surface area contributed by atoms with Crippen molar-refractivity contribution in [2.24, 2.45) is 0 Å². The van der Waals surface area contributed by atoms with Crippen molar-refractivity contribution in [3.8, 4) is 0 Å². The summed E-state index contributed by atoms with van der Waals surface area (Å²) in [6.07, 6.45) is 0. The second kappa shape index (κ2) is 15.8. The molecular formula is C17H28F9GeN3Zr. The van der Waals surface area contributed by atoms with Crippen LogP contribution in [0.2, 0.25) is 0 Å². The van der Waals surface area contributed by atoms with Gasteiger partial charge in [-0.15, -0.1) is 18.1 Å². The van der Waals surface area contributed by atoms with Crippen LogP contribution in [0.4, 0.5) is 39.5 Å². The summed E-state index contributed by atoms with van der Waals surface area (Å²) >= 11 is -8.38. The quantitative estimate of drug-likeness (QED) is 0.178. The molecular weight excluding hydrogens is 581 g/mol. The zero-order valence-electron chi connectivity index (χ0n) is 17.9. The van der Waals surface area contributed by atoms with E-state index in [2.05, 4.69) is 0 Å². The smallest absolute Gasteiger partial charge is 4.00 e. The van der Waals surface area contributed by atoms with Gasteiger partial charge in [0.15, 0.2) is 0 Å². The standard InChI is InChI=1S/C8H4F9Ge.3C3H8N.Zr/c9-6(10,11)18(7(12,13)14,8(15,16)17)5-3-1-2-4-5;3*1-3(2)4;/h1-4H;3*3-4H,1-2H3;/q4*-1;+4. The third-order valence-electron chi connectivity index (χ3n) is 2.37. The van der Waals surface area contributed by atoms with Gasteiger partial charge < -0.3 is 17.2 Å². The van der Waals surface area contributed by atoms with Crippen LogP contribution in [0.15, 0.2) is 24.3 Å². The van der Waals surface area contributed by atoms with Crippen molar-refractivity contribution >= 4 is 17.7 Å². The number of hydrogen-bond acceptors (Lipinski definition) is 0. The van der Waals surface area contributed by atoms with Crippen molar-refractivity contribution in [2.45, 2.75) is 74.7 Å². The molecule has 0 saturated carbocycles. The average Bonchev–Trinajstić information content (AvgIpc) is 2.84. The molecule has 0 bridgehead atoms. The topological polar surface area (TPSA) is 71.4 Å². The summed E-state index contributed by atoms with van der Waals surface area (Å²) in [6, 6.07) is 2.15. The molecule has 0 amide bonds. The first-order valence-corrected chi connectivity index (χ1v) is 12.8. The summed E-state index contributed by atoms with van der Waals surface area (Å²) in [5, 5.41) is -19.1. The van der Waals surface area contributed by atoms with Crippen LogP contribution < -0.4 is 4.40 Å². The first kappa shape index (κ1) is 38.3. The molecule has 0 heterocycles. The van der Waals surface area contributed by atoms with Crippen molar-refractivity contribution in [2.75, 3.05) is 0 Å². The Morgan fingerprint density at radius 2 is 0.742 bits per heavy atom. The van der Waals surface area contributed by atoms with Crippen LogP contribution in [0, 0.1) is 0 Å². The zero-order chi connectivity index (χ0) is 25.1. The molecule has 31 heavy (non-hydrogen) atoms. The summed E-state index contributed by atoms with van der Waals surface area (Å²) in [6.45, 7) is 11.0. The summed E-state index contributed by atoms with van der Waals surface area (Å²) in [5.74, 6) is 0. The van der Waals surface area contributed by atoms with Gasteiger partial charge in [-0.1, -0.05) is 41.5 Å². The second-order valence-electron chi connectivity index (χ2n) is 6.88. The van der Waals surface area contributed by atoms with Crippen molar-refractivity contribution in [3.05, 3.63) is 41.5 Å². The molecule has 0 unspecified atom stereocenters. The zero-order valence-corrected chi connectivity index (χ0v) is 22.5. The molecule has 0 aromatic heterocycles. The molecule has 0 saturated heterocycles. The third-order valence-corrected chi connectivity index (χ3v) is 10.2. The van der Waals surface area contributed by atoms with Gasteiger partial charge >= 0.3 is 123 Å². The number of rotatable bonds is 1. The van der Waals surface area contributed by atoms with E-state index in [4.69, 9.17) is 17.2 Å². The van der Waals surface area contributed by atoms with E-state index in [1.807, 2.05) is 41.5 Å². The van der Waals surface area contributed by atoms with Crippen molar-refractivity contribution < 1.29 is 65.7 Å². The molecule has 1 aromatic rings. The van der Waals surface area contributed by atoms with E-state index in [9.17, 15) is 39.5 Å². The molecule has 0 spiro atoms. The van der Waals surface area contributed by atoms with Crippen LogP contribution in [-0.4, -0.2) is 46.4 Å². The number of halogens is 9. The Bertz CT molecular complexity index is 482. The largest absolute Gasteiger partial charge is 4.00 e. The Morgan fingerprint density at radius 1 is 0.581 bits per heavy atom. The molecule has 0 aliphatic carbocycles. The maximum atomic E-state index is 12.6. The maximum Gasteiger partial charge on any atom is 4.00 e. The summed E-state index contributed by atoms with van der Waals surface area (Å²) in [7, 11) is 0. The van der Waals surface area contributed by atoms with Gasteiger partial charge in [0.1, 0.15) is 0 Å². The minimum atomic E-state index is -8.38. The number of hydrogen-bond donors (Lipinski definition) is 0. The first-order chi connectivity index (χ1) is 13.1. The predicted octanol–water partition coefficient (Wildman–Crippen LogP) is 7.70. The molecule has 14 heteroatoms. The second-order valence-corrected chi connectivity index (χ2v) is 14.8. The van der Waals surface area contributed by atoms with Crippen LogP contribution in [0.3, 0.4) is 0 Å². The molecule has 0 radical (unpaired) electrons. The SMILES string of the molecule is CC(C)[NH-].CC(C)[NH-].CC(C)[NH-].F[C](F)(F)[Ge]([c-]1cccc1)([C](F)(F)F)[C](F)(F)F.[Zr+4]. The Morgan fingerprint density at radius 3 is 0.871 bits per heavy atom. The van der Waals surface area contributed by atoms with Gasteiger partial charge in [0, 0.05) is 0 Å². The molecule has 0 aliphatic rings. The first-order valence-electron chi connectivity index (χ1n) is 8.61. The fourth-order valence-electron chi connectivity index (χ4n) is 1.60. The molecule has 3 nitrogen and oxygen atoms in total. The van der Waals surface area contributed by atoms with Gasteiger partial charge in [0.25, 0.3) is 0 Å². The fourth-order valence-corrected chi connectivity index (χ4v) is 7.13. The molecule has 0 atom stereocenters. The molecule has 0 aliphatic heterocycles. The fraction of sp³-hybridized carbons (Fsp3) is 0.706. The van der Waals surface area contributed by atoms with E-state index in [0.29, 0.717) is 0 Å². The predicted molar refractivity (Wildman–Crippen MR) is 104 cm³/mol. The maximum absolute atomic E-state index is 12.6. The van der Waals surface area contributed by atoms with E-state index in [1.54, 1.807) is 0 Å². The molecule has 182 valence electrons. The van der Waals surface area contributed by atoms with Crippen molar-refractivity contribution in [3.63, 3.8) is 0 Å². The normalized spacial score (nSPS) is 12.2. The van der Waals surface area contributed by atoms with Crippen LogP contribution >= 0.6 is 0 Å². The Balaban J connectivity index is -0.000000232. The summed E-state index contributed by atoms with van der Waals surface area (Å²) in [5.41, 5.74) is 19.8. The Kier molecular flexibility index (Phi) is 19.5. The minimum Gasteiger partial charge on any atom is 4.00 e. The number of alkyl halides is 9. The van der Waals surface area contributed by atoms with Gasteiger partial charge in [-0.3, -0.25) is 0 Å². The van der Waals surface area contributed by atoms with Crippen LogP contribution in [0.5, 0.6) is 0 Å². The summed E-state index contributed by atoms with van der Waals surface area (Å²) in [4.78, 5) is 0. The van der Waals surface area contributed by atoms with E-state index in [0.717, 1.165) is 12.1 Å². The number of nitrogens with one attached hydrogen (secondary N) is 3. The van der Waals surface area contributed by atoms with Crippen LogP contribution in [0.25, 0.3) is 17.2 Å². The monoisotopic (exact) mass is 609 g/mol. The molecule has 3 N–H and O–H groups in total. The van der Waals surface area contributed by atoms with Crippen molar-refractivity contribution in [1.29, 1.82) is 0 Å². The van der Waals surface area contributed by atoms with Crippen molar-refractivity contribution in [1.82, 2.24) is 0 Å².